The topological polar surface area (TPSA) is 98.2 Å². The Balaban J connectivity index is 1.36. The van der Waals surface area contributed by atoms with Crippen molar-refractivity contribution in [2.24, 2.45) is 9.98 Å². The number of nitrogens with zero attached hydrogens (tertiary/aromatic N) is 5. The molecule has 1 aromatic carbocycles. The van der Waals surface area contributed by atoms with Crippen molar-refractivity contribution < 1.29 is 9.53 Å². The molecule has 2 N–H and O–H groups in total. The van der Waals surface area contributed by atoms with Crippen molar-refractivity contribution in [2.45, 2.75) is 49.9 Å². The van der Waals surface area contributed by atoms with Gasteiger partial charge in [0, 0.05) is 12.1 Å². The molecule has 0 fully saturated rings. The standard InChI is InChI=1S/C25H31N7O2S/c1-24(2)20-17(21(30-29-20)28-22-19-18(11-12-35-19)26-15-27-22)13-32(24)23(33)34-25(3,14-31(4)5)16-9-7-6-8-10-16/h6-12,15,19,22H,13-14H2,1-5H3,(H2,28,29,30). The van der Waals surface area contributed by atoms with Crippen LogP contribution in [0.5, 0.6) is 0 Å². The van der Waals surface area contributed by atoms with Crippen LogP contribution in [0.15, 0.2) is 51.8 Å². The van der Waals surface area contributed by atoms with Crippen LogP contribution in [-0.4, -0.2) is 70.2 Å². The molecular weight excluding hydrogens is 462 g/mol. The van der Waals surface area contributed by atoms with E-state index in [9.17, 15) is 4.79 Å². The van der Waals surface area contributed by atoms with Crippen LogP contribution in [0.4, 0.5) is 10.6 Å². The second-order valence-electron chi connectivity index (χ2n) is 10.0. The molecule has 4 heterocycles. The number of allylic oxidation sites excluding steroid dienone is 1. The SMILES string of the molecule is CN(C)CC(C)(OC(=O)N1Cc2c(NC3N=CN=C4C=CSC43)n[nH]c2C1(C)C)c1ccccc1. The van der Waals surface area contributed by atoms with Gasteiger partial charge in [0.15, 0.2) is 5.82 Å². The number of ether oxygens (including phenoxy) is 1. The molecule has 35 heavy (non-hydrogen) atoms. The average Bonchev–Trinajstić information content (AvgIpc) is 3.50. The number of likely N-dealkylation sites (N-methyl/N-ethyl adjacent to an activating group) is 1. The lowest BCUT2D eigenvalue weighted by Crippen LogP contribution is -2.47. The van der Waals surface area contributed by atoms with Crippen LogP contribution in [0.2, 0.25) is 0 Å². The number of carbonyl (C=O) groups is 1. The lowest BCUT2D eigenvalue weighted by molar-refractivity contribution is -0.0299. The largest absolute Gasteiger partial charge is 0.437 e. The van der Waals surface area contributed by atoms with Crippen molar-refractivity contribution in [3.05, 3.63) is 58.6 Å². The van der Waals surface area contributed by atoms with Gasteiger partial charge in [0.1, 0.15) is 18.1 Å². The molecule has 9 nitrogen and oxygen atoms in total. The Hall–Kier alpha value is -3.11. The summed E-state index contributed by atoms with van der Waals surface area (Å²) in [4.78, 5) is 26.3. The highest BCUT2D eigenvalue weighted by Crippen LogP contribution is 2.42. The third kappa shape index (κ3) is 4.25. The molecule has 5 rings (SSSR count). The number of aromatic amines is 1. The first-order valence-electron chi connectivity index (χ1n) is 11.7. The monoisotopic (exact) mass is 493 g/mol. The number of anilines is 1. The number of H-pyrrole nitrogens is 1. The van der Waals surface area contributed by atoms with Crippen molar-refractivity contribution >= 4 is 35.7 Å². The Morgan fingerprint density at radius 3 is 2.86 bits per heavy atom. The molecule has 3 atom stereocenters. The number of rotatable bonds is 6. The quantitative estimate of drug-likeness (QED) is 0.633. The fourth-order valence-electron chi connectivity index (χ4n) is 4.97. The van der Waals surface area contributed by atoms with Gasteiger partial charge in [-0.1, -0.05) is 30.3 Å². The Morgan fingerprint density at radius 1 is 1.34 bits per heavy atom. The van der Waals surface area contributed by atoms with E-state index in [0.29, 0.717) is 18.9 Å². The van der Waals surface area contributed by atoms with E-state index in [-0.39, 0.29) is 17.5 Å². The molecule has 0 saturated heterocycles. The third-order valence-electron chi connectivity index (χ3n) is 6.77. The summed E-state index contributed by atoms with van der Waals surface area (Å²) in [6.07, 6.45) is 3.07. The second-order valence-corrected chi connectivity index (χ2v) is 11.1. The highest BCUT2D eigenvalue weighted by Gasteiger charge is 2.47. The van der Waals surface area contributed by atoms with Crippen molar-refractivity contribution in [3.8, 4) is 0 Å². The molecule has 3 aliphatic rings. The summed E-state index contributed by atoms with van der Waals surface area (Å²) in [6, 6.07) is 9.89. The van der Waals surface area contributed by atoms with Crippen molar-refractivity contribution in [1.82, 2.24) is 20.0 Å². The van der Waals surface area contributed by atoms with E-state index in [2.05, 4.69) is 25.5 Å². The van der Waals surface area contributed by atoms with E-state index in [4.69, 9.17) is 4.74 Å². The maximum absolute atomic E-state index is 13.6. The Kier molecular flexibility index (Phi) is 5.96. The highest BCUT2D eigenvalue weighted by atomic mass is 32.2. The molecule has 2 aromatic rings. The van der Waals surface area contributed by atoms with E-state index in [1.807, 2.05) is 81.6 Å². The molecule has 0 radical (unpaired) electrons. The number of hydrogen-bond acceptors (Lipinski definition) is 8. The molecule has 0 saturated carbocycles. The van der Waals surface area contributed by atoms with Gasteiger partial charge in [0.05, 0.1) is 28.7 Å². The summed E-state index contributed by atoms with van der Waals surface area (Å²) in [5, 5.41) is 13.3. The fourth-order valence-corrected chi connectivity index (χ4v) is 5.92. The van der Waals surface area contributed by atoms with Gasteiger partial charge in [-0.3, -0.25) is 10.00 Å². The molecule has 184 valence electrons. The van der Waals surface area contributed by atoms with Crippen LogP contribution < -0.4 is 5.32 Å². The molecule has 0 spiro atoms. The summed E-state index contributed by atoms with van der Waals surface area (Å²) in [5.41, 5.74) is 2.40. The van der Waals surface area contributed by atoms with Crippen LogP contribution >= 0.6 is 11.8 Å². The zero-order valence-electron chi connectivity index (χ0n) is 20.6. The number of carbonyl (C=O) groups excluding carboxylic acids is 1. The third-order valence-corrected chi connectivity index (χ3v) is 7.85. The maximum Gasteiger partial charge on any atom is 0.411 e. The smallest absolute Gasteiger partial charge is 0.411 e. The lowest BCUT2D eigenvalue weighted by atomic mass is 9.95. The van der Waals surface area contributed by atoms with Crippen molar-refractivity contribution in [3.63, 3.8) is 0 Å². The maximum atomic E-state index is 13.6. The Labute approximate surface area is 209 Å². The summed E-state index contributed by atoms with van der Waals surface area (Å²) in [5.74, 6) is 0.707. The Bertz CT molecular complexity index is 1200. The highest BCUT2D eigenvalue weighted by molar-refractivity contribution is 8.04. The number of aromatic nitrogens is 2. The minimum Gasteiger partial charge on any atom is -0.437 e. The second kappa shape index (κ2) is 8.83. The summed E-state index contributed by atoms with van der Waals surface area (Å²) < 4.78 is 6.24. The minimum absolute atomic E-state index is 0.112. The van der Waals surface area contributed by atoms with Gasteiger partial charge in [-0.15, -0.1) is 11.8 Å². The predicted molar refractivity (Wildman–Crippen MR) is 140 cm³/mol. The number of fused-ring (bicyclic) bond motifs is 2. The fraction of sp³-hybridized carbons (Fsp3) is 0.440. The number of aliphatic imine (C=N–C) groups is 2. The molecule has 10 heteroatoms. The first kappa shape index (κ1) is 23.6. The predicted octanol–water partition coefficient (Wildman–Crippen LogP) is 3.92. The normalized spacial score (nSPS) is 23.6. The molecule has 0 aliphatic carbocycles. The number of thioether (sulfide) groups is 1. The number of amides is 1. The lowest BCUT2D eigenvalue weighted by Gasteiger charge is -2.37. The summed E-state index contributed by atoms with van der Waals surface area (Å²) in [6.45, 7) is 6.93. The zero-order valence-corrected chi connectivity index (χ0v) is 21.5. The van der Waals surface area contributed by atoms with Gasteiger partial charge in [-0.25, -0.2) is 14.8 Å². The van der Waals surface area contributed by atoms with Crippen LogP contribution in [0.3, 0.4) is 0 Å². The molecule has 1 amide bonds. The van der Waals surface area contributed by atoms with E-state index < -0.39 is 11.1 Å². The first-order valence-corrected chi connectivity index (χ1v) is 12.6. The average molecular weight is 494 g/mol. The van der Waals surface area contributed by atoms with Crippen LogP contribution in [0.1, 0.15) is 37.6 Å². The minimum atomic E-state index is -0.799. The van der Waals surface area contributed by atoms with Crippen LogP contribution in [0, 0.1) is 0 Å². The summed E-state index contributed by atoms with van der Waals surface area (Å²) >= 11 is 1.69. The van der Waals surface area contributed by atoms with Gasteiger partial charge >= 0.3 is 6.09 Å². The van der Waals surface area contributed by atoms with Gasteiger partial charge in [-0.05, 0) is 51.9 Å². The first-order chi connectivity index (χ1) is 16.7. The summed E-state index contributed by atoms with van der Waals surface area (Å²) in [7, 11) is 3.95. The van der Waals surface area contributed by atoms with Crippen LogP contribution in [0.25, 0.3) is 0 Å². The molecule has 0 bridgehead atoms. The van der Waals surface area contributed by atoms with Gasteiger partial charge in [0.2, 0.25) is 0 Å². The van der Waals surface area contributed by atoms with Gasteiger partial charge < -0.3 is 15.0 Å². The van der Waals surface area contributed by atoms with E-state index in [0.717, 1.165) is 22.5 Å². The molecule has 3 unspecified atom stereocenters. The molecular formula is C25H31N7O2S. The van der Waals surface area contributed by atoms with Crippen molar-refractivity contribution in [1.29, 1.82) is 0 Å². The van der Waals surface area contributed by atoms with Gasteiger partial charge in [0.25, 0.3) is 0 Å². The Morgan fingerprint density at radius 2 is 2.11 bits per heavy atom. The van der Waals surface area contributed by atoms with E-state index in [1.165, 1.54) is 0 Å². The van der Waals surface area contributed by atoms with E-state index in [1.54, 1.807) is 23.0 Å². The number of hydrogen-bond donors (Lipinski definition) is 2. The molecule has 3 aliphatic heterocycles. The van der Waals surface area contributed by atoms with Crippen molar-refractivity contribution in [2.75, 3.05) is 26.0 Å². The zero-order chi connectivity index (χ0) is 24.8. The number of benzene rings is 1. The van der Waals surface area contributed by atoms with Crippen LogP contribution in [-0.2, 0) is 22.4 Å². The number of nitrogens with one attached hydrogen (secondary N) is 2. The molecule has 1 aromatic heterocycles. The van der Waals surface area contributed by atoms with Gasteiger partial charge in [-0.2, -0.15) is 5.10 Å². The van der Waals surface area contributed by atoms with E-state index >= 15 is 0 Å².